The Morgan fingerprint density at radius 2 is 2.31 bits per heavy atom. The highest BCUT2D eigenvalue weighted by atomic mass is 79.9. The summed E-state index contributed by atoms with van der Waals surface area (Å²) in [7, 11) is 1.50. The number of hydrogen-bond donors (Lipinski definition) is 0. The van der Waals surface area contributed by atoms with Crippen molar-refractivity contribution >= 4 is 21.8 Å². The van der Waals surface area contributed by atoms with Crippen LogP contribution >= 0.6 is 15.9 Å². The van der Waals surface area contributed by atoms with E-state index in [0.717, 1.165) is 4.90 Å². The predicted octanol–water partition coefficient (Wildman–Crippen LogP) is 1.22. The zero-order valence-corrected chi connectivity index (χ0v) is 8.68. The molecule has 0 bridgehead atoms. The van der Waals surface area contributed by atoms with Crippen molar-refractivity contribution in [3.63, 3.8) is 0 Å². The van der Waals surface area contributed by atoms with Crippen molar-refractivity contribution in [1.82, 2.24) is 4.90 Å². The van der Waals surface area contributed by atoms with Gasteiger partial charge in [0.25, 0.3) is 0 Å². The fourth-order valence-electron chi connectivity index (χ4n) is 1.28. The largest absolute Gasteiger partial charge is 0.380 e. The second-order valence-corrected chi connectivity index (χ2v) is 3.89. The first-order chi connectivity index (χ1) is 5.95. The van der Waals surface area contributed by atoms with E-state index in [2.05, 4.69) is 0 Å². The zero-order chi connectivity index (χ0) is 10.1. The van der Waals surface area contributed by atoms with Gasteiger partial charge in [-0.2, -0.15) is 8.78 Å². The van der Waals surface area contributed by atoms with Crippen LogP contribution in [0.3, 0.4) is 0 Å². The predicted molar refractivity (Wildman–Crippen MR) is 45.9 cm³/mol. The molecule has 1 aliphatic rings. The Bertz CT molecular complexity index is 207. The van der Waals surface area contributed by atoms with E-state index in [1.54, 1.807) is 0 Å². The average Bonchev–Trinajstić information content (AvgIpc) is 2.48. The van der Waals surface area contributed by atoms with Gasteiger partial charge in [-0.25, -0.2) is 0 Å². The van der Waals surface area contributed by atoms with Crippen LogP contribution in [0.1, 0.15) is 6.42 Å². The number of likely N-dealkylation sites (tertiary alicyclic amines) is 1. The lowest BCUT2D eigenvalue weighted by atomic mass is 10.3. The molecule has 6 heteroatoms. The maximum atomic E-state index is 12.5. The molecule has 0 aliphatic carbocycles. The first-order valence-corrected chi connectivity index (χ1v) is 4.63. The number of rotatable bonds is 2. The topological polar surface area (TPSA) is 29.5 Å². The van der Waals surface area contributed by atoms with Crippen LogP contribution in [0, 0.1) is 0 Å². The van der Waals surface area contributed by atoms with Gasteiger partial charge in [0.1, 0.15) is 0 Å². The van der Waals surface area contributed by atoms with Crippen LogP contribution in [0.5, 0.6) is 0 Å². The van der Waals surface area contributed by atoms with Gasteiger partial charge in [0, 0.05) is 36.1 Å². The molecule has 1 fully saturated rings. The molecule has 1 heterocycles. The molecule has 76 valence electrons. The number of nitrogens with zero attached hydrogens (tertiary/aromatic N) is 1. The molecule has 1 saturated heterocycles. The van der Waals surface area contributed by atoms with E-state index in [1.807, 2.05) is 15.9 Å². The summed E-state index contributed by atoms with van der Waals surface area (Å²) < 4.78 is 29.9. The number of alkyl halides is 3. The van der Waals surface area contributed by atoms with E-state index < -0.39 is 10.7 Å². The first-order valence-electron chi connectivity index (χ1n) is 3.84. The van der Waals surface area contributed by atoms with Crippen molar-refractivity contribution < 1.29 is 18.3 Å². The molecule has 0 unspecified atom stereocenters. The Kier molecular flexibility index (Phi) is 3.23. The molecule has 0 N–H and O–H groups in total. The molecule has 0 aromatic rings. The third-order valence-electron chi connectivity index (χ3n) is 2.01. The smallest absolute Gasteiger partial charge is 0.377 e. The highest BCUT2D eigenvalue weighted by Gasteiger charge is 2.41. The van der Waals surface area contributed by atoms with Gasteiger partial charge >= 0.3 is 10.7 Å². The van der Waals surface area contributed by atoms with Gasteiger partial charge in [-0.05, 0) is 6.42 Å². The third-order valence-corrected chi connectivity index (χ3v) is 2.35. The summed E-state index contributed by atoms with van der Waals surface area (Å²) >= 11 is 2.03. The van der Waals surface area contributed by atoms with Crippen LogP contribution < -0.4 is 0 Å². The van der Waals surface area contributed by atoms with Crippen molar-refractivity contribution in [3.8, 4) is 0 Å². The minimum absolute atomic E-state index is 0.112. The zero-order valence-electron chi connectivity index (χ0n) is 7.10. The van der Waals surface area contributed by atoms with Crippen molar-refractivity contribution in [3.05, 3.63) is 0 Å². The van der Waals surface area contributed by atoms with Crippen molar-refractivity contribution in [2.24, 2.45) is 0 Å². The average molecular weight is 258 g/mol. The molecule has 1 rings (SSSR count). The van der Waals surface area contributed by atoms with E-state index in [9.17, 15) is 13.6 Å². The summed E-state index contributed by atoms with van der Waals surface area (Å²) in [6, 6.07) is 0. The number of hydrogen-bond acceptors (Lipinski definition) is 2. The number of carbonyl (C=O) groups is 1. The summed E-state index contributed by atoms with van der Waals surface area (Å²) in [5.41, 5.74) is 0. The fraction of sp³-hybridized carbons (Fsp3) is 0.857. The molecular weight excluding hydrogens is 248 g/mol. The molecule has 0 radical (unpaired) electrons. The van der Waals surface area contributed by atoms with Crippen LogP contribution in [0.25, 0.3) is 0 Å². The number of halogens is 3. The van der Waals surface area contributed by atoms with Crippen molar-refractivity contribution in [1.29, 1.82) is 0 Å². The molecule has 0 aromatic heterocycles. The Morgan fingerprint density at radius 1 is 1.69 bits per heavy atom. The summed E-state index contributed by atoms with van der Waals surface area (Å²) in [6.45, 7) is 0.578. The maximum Gasteiger partial charge on any atom is 0.377 e. The molecule has 1 aliphatic heterocycles. The van der Waals surface area contributed by atoms with Crippen LogP contribution in [0.2, 0.25) is 0 Å². The SMILES string of the molecule is CO[C@@H]1CCN(C(=O)C(F)(F)Br)C1. The normalized spacial score (nSPS) is 23.7. The van der Waals surface area contributed by atoms with E-state index in [0.29, 0.717) is 13.0 Å². The van der Waals surface area contributed by atoms with Gasteiger partial charge in [-0.1, -0.05) is 0 Å². The molecule has 1 atom stereocenters. The van der Waals surface area contributed by atoms with Gasteiger partial charge in [0.2, 0.25) is 0 Å². The number of methoxy groups -OCH3 is 1. The van der Waals surface area contributed by atoms with E-state index in [1.165, 1.54) is 7.11 Å². The van der Waals surface area contributed by atoms with E-state index in [4.69, 9.17) is 4.74 Å². The van der Waals surface area contributed by atoms with Crippen LogP contribution in [0.15, 0.2) is 0 Å². The van der Waals surface area contributed by atoms with E-state index >= 15 is 0 Å². The Labute approximate surface area is 83.2 Å². The molecule has 0 spiro atoms. The highest BCUT2D eigenvalue weighted by Crippen LogP contribution is 2.26. The minimum atomic E-state index is -3.45. The van der Waals surface area contributed by atoms with Gasteiger partial charge in [-0.3, -0.25) is 4.79 Å². The minimum Gasteiger partial charge on any atom is -0.380 e. The molecule has 3 nitrogen and oxygen atoms in total. The highest BCUT2D eigenvalue weighted by molar-refractivity contribution is 9.10. The third kappa shape index (κ3) is 2.60. The lowest BCUT2D eigenvalue weighted by molar-refractivity contribution is -0.144. The Morgan fingerprint density at radius 3 is 2.69 bits per heavy atom. The van der Waals surface area contributed by atoms with Gasteiger partial charge in [-0.15, -0.1) is 0 Å². The first kappa shape index (κ1) is 10.8. The van der Waals surface area contributed by atoms with Crippen molar-refractivity contribution in [2.75, 3.05) is 20.2 Å². The fourth-order valence-corrected chi connectivity index (χ4v) is 1.54. The molecular formula is C7H10BrF2NO2. The Hall–Kier alpha value is -0.230. The quantitative estimate of drug-likeness (QED) is 0.697. The number of ether oxygens (including phenoxy) is 1. The Balaban J connectivity index is 2.52. The summed E-state index contributed by atoms with van der Waals surface area (Å²) in [5, 5.41) is 0. The van der Waals surface area contributed by atoms with Gasteiger partial charge in [0.15, 0.2) is 0 Å². The van der Waals surface area contributed by atoms with Gasteiger partial charge < -0.3 is 9.64 Å². The second-order valence-electron chi connectivity index (χ2n) is 2.90. The number of amides is 1. The second kappa shape index (κ2) is 3.88. The van der Waals surface area contributed by atoms with Crippen LogP contribution in [-0.2, 0) is 9.53 Å². The van der Waals surface area contributed by atoms with Crippen molar-refractivity contribution in [2.45, 2.75) is 17.4 Å². The lowest BCUT2D eigenvalue weighted by Gasteiger charge is -2.18. The maximum absolute atomic E-state index is 12.5. The lowest BCUT2D eigenvalue weighted by Crippen LogP contribution is -2.39. The molecule has 13 heavy (non-hydrogen) atoms. The molecule has 1 amide bonds. The van der Waals surface area contributed by atoms with Gasteiger partial charge in [0.05, 0.1) is 6.10 Å². The number of carbonyl (C=O) groups excluding carboxylic acids is 1. The molecule has 0 aromatic carbocycles. The summed E-state index contributed by atoms with van der Waals surface area (Å²) in [4.78, 5) is 8.65. The van der Waals surface area contributed by atoms with E-state index in [-0.39, 0.29) is 12.6 Å². The van der Waals surface area contributed by atoms with Crippen LogP contribution in [-0.4, -0.2) is 41.9 Å². The molecule has 0 saturated carbocycles. The summed E-state index contributed by atoms with van der Waals surface area (Å²) in [5.74, 6) is -1.19. The standard InChI is InChI=1S/C7H10BrF2NO2/c1-13-5-2-3-11(4-5)6(12)7(8,9)10/h5H,2-4H2,1H3/t5-/m1/s1. The summed E-state index contributed by atoms with van der Waals surface area (Å²) in [6.07, 6.45) is 0.504. The van der Waals surface area contributed by atoms with Crippen LogP contribution in [0.4, 0.5) is 8.78 Å². The monoisotopic (exact) mass is 257 g/mol.